The third-order valence-corrected chi connectivity index (χ3v) is 3.64. The van der Waals surface area contributed by atoms with E-state index in [-0.39, 0.29) is 24.1 Å². The zero-order valence-corrected chi connectivity index (χ0v) is 13.5. The van der Waals surface area contributed by atoms with Gasteiger partial charge in [-0.15, -0.1) is 0 Å². The van der Waals surface area contributed by atoms with Crippen LogP contribution in [0.2, 0.25) is 0 Å². The van der Waals surface area contributed by atoms with Gasteiger partial charge in [0.25, 0.3) is 0 Å². The van der Waals surface area contributed by atoms with Crippen molar-refractivity contribution >= 4 is 33.2 Å². The Morgan fingerprint density at radius 2 is 1.76 bits per heavy atom. The van der Waals surface area contributed by atoms with E-state index in [2.05, 4.69) is 14.2 Å². The minimum Gasteiger partial charge on any atom is -0.488 e. The average molecular weight is 364 g/mol. The number of ether oxygens (including phenoxy) is 1. The summed E-state index contributed by atoms with van der Waals surface area (Å²) in [6, 6.07) is 10.9. The van der Waals surface area contributed by atoms with Gasteiger partial charge in [-0.2, -0.15) is 13.4 Å². The fourth-order valence-electron chi connectivity index (χ4n) is 2.24. The van der Waals surface area contributed by atoms with Gasteiger partial charge < -0.3 is 20.4 Å². The summed E-state index contributed by atoms with van der Waals surface area (Å²) in [5.41, 5.74) is 12.7. The molecule has 0 spiro atoms. The molecule has 25 heavy (non-hydrogen) atoms. The van der Waals surface area contributed by atoms with E-state index < -0.39 is 10.5 Å². The maximum atomic E-state index is 12.5. The van der Waals surface area contributed by atoms with Crippen molar-refractivity contribution in [3.8, 4) is 11.5 Å². The molecule has 4 N–H and O–H groups in total. The van der Waals surface area contributed by atoms with Crippen LogP contribution in [-0.2, 0) is 17.1 Å². The van der Waals surface area contributed by atoms with Crippen LogP contribution in [0.3, 0.4) is 0 Å². The summed E-state index contributed by atoms with van der Waals surface area (Å²) in [4.78, 5) is 8.01. The quantitative estimate of drug-likeness (QED) is 0.657. The van der Waals surface area contributed by atoms with Crippen LogP contribution in [0.1, 0.15) is 5.56 Å². The van der Waals surface area contributed by atoms with Crippen LogP contribution in [0, 0.1) is 0 Å². The minimum atomic E-state index is -5.05. The second kappa shape index (κ2) is 6.40. The molecule has 0 saturated heterocycles. The fraction of sp³-hybridized carbons (Fsp3) is 0.0667. The summed E-state index contributed by atoms with van der Waals surface area (Å²) in [5, 5.41) is 0.542. The molecule has 1 heterocycles. The summed E-state index contributed by atoms with van der Waals surface area (Å²) >= 11 is 0. The van der Waals surface area contributed by atoms with E-state index in [4.69, 9.17) is 16.2 Å². The van der Waals surface area contributed by atoms with Gasteiger partial charge in [0.05, 0.1) is 10.9 Å². The lowest BCUT2D eigenvalue weighted by Gasteiger charge is -2.11. The van der Waals surface area contributed by atoms with Gasteiger partial charge in [0.15, 0.2) is 0 Å². The number of halogens is 1. The largest absolute Gasteiger partial charge is 0.488 e. The number of aromatic nitrogens is 2. The molecule has 0 aliphatic carbocycles. The lowest BCUT2D eigenvalue weighted by atomic mass is 10.2. The second-order valence-corrected chi connectivity index (χ2v) is 5.98. The zero-order chi connectivity index (χ0) is 18.0. The third kappa shape index (κ3) is 4.04. The molecule has 0 aliphatic heterocycles. The molecule has 3 aromatic rings. The van der Waals surface area contributed by atoms with Crippen molar-refractivity contribution in [3.05, 3.63) is 48.0 Å². The van der Waals surface area contributed by atoms with Crippen molar-refractivity contribution in [3.63, 3.8) is 0 Å². The van der Waals surface area contributed by atoms with E-state index in [9.17, 15) is 12.3 Å². The minimum absolute atomic E-state index is 0.0700. The van der Waals surface area contributed by atoms with E-state index in [1.54, 1.807) is 30.3 Å². The van der Waals surface area contributed by atoms with Crippen LogP contribution < -0.4 is 20.4 Å². The highest BCUT2D eigenvalue weighted by Gasteiger charge is 2.11. The monoisotopic (exact) mass is 364 g/mol. The highest BCUT2D eigenvalue weighted by atomic mass is 32.3. The normalized spacial score (nSPS) is 11.4. The summed E-state index contributed by atoms with van der Waals surface area (Å²) < 4.78 is 43.2. The maximum absolute atomic E-state index is 12.5. The molecule has 130 valence electrons. The molecule has 0 radical (unpaired) electrons. The molecule has 8 nitrogen and oxygen atoms in total. The first-order chi connectivity index (χ1) is 11.8. The number of anilines is 2. The van der Waals surface area contributed by atoms with Crippen LogP contribution >= 0.6 is 0 Å². The molecular weight excluding hydrogens is 351 g/mol. The topological polar surface area (TPSA) is 130 Å². The number of nitrogens with two attached hydrogens (primary N) is 2. The predicted molar refractivity (Wildman–Crippen MR) is 89.8 cm³/mol. The molecule has 0 atom stereocenters. The van der Waals surface area contributed by atoms with Crippen LogP contribution in [0.4, 0.5) is 15.7 Å². The highest BCUT2D eigenvalue weighted by Crippen LogP contribution is 2.29. The van der Waals surface area contributed by atoms with Crippen molar-refractivity contribution in [2.45, 2.75) is 6.61 Å². The Balaban J connectivity index is 1.79. The van der Waals surface area contributed by atoms with E-state index in [0.717, 1.165) is 0 Å². The van der Waals surface area contributed by atoms with Gasteiger partial charge in [-0.3, -0.25) is 0 Å². The van der Waals surface area contributed by atoms with Crippen molar-refractivity contribution in [2.24, 2.45) is 0 Å². The summed E-state index contributed by atoms with van der Waals surface area (Å²) in [7, 11) is -5.05. The smallest absolute Gasteiger partial charge is 0.488 e. The molecule has 3 rings (SSSR count). The predicted octanol–water partition coefficient (Wildman–Crippen LogP) is 1.97. The Kier molecular flexibility index (Phi) is 4.28. The number of hydrogen-bond donors (Lipinski definition) is 2. The van der Waals surface area contributed by atoms with Crippen molar-refractivity contribution in [1.82, 2.24) is 9.97 Å². The molecule has 0 saturated carbocycles. The van der Waals surface area contributed by atoms with Crippen molar-refractivity contribution in [1.29, 1.82) is 0 Å². The van der Waals surface area contributed by atoms with Crippen molar-refractivity contribution in [2.75, 3.05) is 11.5 Å². The molecule has 0 amide bonds. The van der Waals surface area contributed by atoms with Crippen LogP contribution in [0.25, 0.3) is 10.9 Å². The molecule has 0 fully saturated rings. The Labute approximate surface area is 142 Å². The lowest BCUT2D eigenvalue weighted by molar-refractivity contribution is 0.310. The fourth-order valence-corrected chi connectivity index (χ4v) is 2.58. The number of nitrogens with zero attached hydrogens (tertiary/aromatic N) is 2. The summed E-state index contributed by atoms with van der Waals surface area (Å²) in [6.07, 6.45) is 0. The summed E-state index contributed by atoms with van der Waals surface area (Å²) in [6.45, 7) is 0.158. The first-order valence-corrected chi connectivity index (χ1v) is 8.30. The van der Waals surface area contributed by atoms with Crippen LogP contribution in [0.15, 0.2) is 42.5 Å². The Morgan fingerprint density at radius 1 is 1.04 bits per heavy atom. The Hall–Kier alpha value is -3.14. The SMILES string of the molecule is Nc1nc(N)c2c(OCc3ccc(OS(=O)(=O)F)cc3)cccc2n1. The standard InChI is InChI=1S/C15H13FN4O4S/c16-25(21,22)24-10-6-4-9(5-7-10)8-23-12-3-1-2-11-13(12)14(17)20-15(18)19-11/h1-7H,8H2,(H4,17,18,19,20). The Bertz CT molecular complexity index is 1030. The first kappa shape index (κ1) is 16.7. The lowest BCUT2D eigenvalue weighted by Crippen LogP contribution is -2.03. The van der Waals surface area contributed by atoms with Gasteiger partial charge in [-0.05, 0) is 29.8 Å². The molecule has 1 aromatic heterocycles. The van der Waals surface area contributed by atoms with Gasteiger partial charge >= 0.3 is 10.5 Å². The number of hydrogen-bond acceptors (Lipinski definition) is 8. The summed E-state index contributed by atoms with van der Waals surface area (Å²) in [5.74, 6) is 0.613. The van der Waals surface area contributed by atoms with Crippen molar-refractivity contribution < 1.29 is 21.2 Å². The molecule has 0 aliphatic rings. The second-order valence-electron chi connectivity index (χ2n) is 5.03. The van der Waals surface area contributed by atoms with E-state index >= 15 is 0 Å². The van der Waals surface area contributed by atoms with E-state index in [0.29, 0.717) is 22.2 Å². The van der Waals surface area contributed by atoms with Gasteiger partial charge in [-0.25, -0.2) is 4.98 Å². The molecule has 0 bridgehead atoms. The number of fused-ring (bicyclic) bond motifs is 1. The van der Waals surface area contributed by atoms with E-state index in [1.807, 2.05) is 0 Å². The third-order valence-electron chi connectivity index (χ3n) is 3.24. The molecule has 0 unspecified atom stereocenters. The van der Waals surface area contributed by atoms with Gasteiger partial charge in [0, 0.05) is 0 Å². The molecule has 2 aromatic carbocycles. The van der Waals surface area contributed by atoms with Gasteiger partial charge in [0.1, 0.15) is 23.9 Å². The molecular formula is C15H13FN4O4S. The molecule has 10 heteroatoms. The first-order valence-electron chi connectivity index (χ1n) is 6.99. The number of rotatable bonds is 5. The van der Waals surface area contributed by atoms with E-state index in [1.165, 1.54) is 12.1 Å². The highest BCUT2D eigenvalue weighted by molar-refractivity contribution is 7.81. The van der Waals surface area contributed by atoms with Crippen LogP contribution in [0.5, 0.6) is 11.5 Å². The zero-order valence-electron chi connectivity index (χ0n) is 12.7. The Morgan fingerprint density at radius 3 is 2.44 bits per heavy atom. The van der Waals surface area contributed by atoms with Gasteiger partial charge in [-0.1, -0.05) is 22.1 Å². The van der Waals surface area contributed by atoms with Gasteiger partial charge in [0.2, 0.25) is 5.95 Å². The average Bonchev–Trinajstić information content (AvgIpc) is 2.52. The maximum Gasteiger partial charge on any atom is 0.488 e. The number of nitrogen functional groups attached to an aromatic ring is 2. The van der Waals surface area contributed by atoms with Crippen LogP contribution in [-0.4, -0.2) is 18.4 Å². The number of benzene rings is 2.